The Kier molecular flexibility index (Phi) is 8.34. The van der Waals surface area contributed by atoms with Gasteiger partial charge in [-0.3, -0.25) is 14.2 Å². The molecule has 2 N–H and O–H groups in total. The van der Waals surface area contributed by atoms with E-state index in [-0.39, 0.29) is 18.2 Å². The zero-order chi connectivity index (χ0) is 22.9. The summed E-state index contributed by atoms with van der Waals surface area (Å²) in [5.41, 5.74) is 2.49. The number of nitrogens with zero attached hydrogens (tertiary/aromatic N) is 3. The number of rotatable bonds is 10. The number of hydrogen-bond acceptors (Lipinski definition) is 6. The van der Waals surface area contributed by atoms with E-state index < -0.39 is 11.7 Å². The van der Waals surface area contributed by atoms with Crippen LogP contribution in [0.2, 0.25) is 0 Å². The zero-order valence-electron chi connectivity index (χ0n) is 17.8. The Hall–Kier alpha value is -3.24. The molecule has 0 unspecified atom stereocenters. The van der Waals surface area contributed by atoms with Crippen LogP contribution in [-0.4, -0.2) is 52.6 Å². The van der Waals surface area contributed by atoms with Gasteiger partial charge >= 0.3 is 0 Å². The first-order valence-electron chi connectivity index (χ1n) is 9.90. The molecule has 168 valence electrons. The third-order valence-corrected chi connectivity index (χ3v) is 5.39. The van der Waals surface area contributed by atoms with Gasteiger partial charge in [0.2, 0.25) is 11.8 Å². The van der Waals surface area contributed by atoms with E-state index in [1.54, 1.807) is 7.11 Å². The molecule has 32 heavy (non-hydrogen) atoms. The number of aromatic nitrogens is 3. The molecule has 3 rings (SSSR count). The number of amides is 2. The van der Waals surface area contributed by atoms with Gasteiger partial charge in [0.05, 0.1) is 25.4 Å². The largest absolute Gasteiger partial charge is 0.383 e. The minimum atomic E-state index is -0.403. The third kappa shape index (κ3) is 6.63. The van der Waals surface area contributed by atoms with Crippen LogP contribution in [0, 0.1) is 12.7 Å². The lowest BCUT2D eigenvalue weighted by Crippen LogP contribution is -2.34. The van der Waals surface area contributed by atoms with Crippen LogP contribution in [0.3, 0.4) is 0 Å². The molecular weight excluding hydrogens is 433 g/mol. The number of anilines is 1. The van der Waals surface area contributed by atoms with Crippen LogP contribution in [0.5, 0.6) is 0 Å². The van der Waals surface area contributed by atoms with Crippen LogP contribution in [-0.2, 0) is 20.9 Å². The average molecular weight is 458 g/mol. The summed E-state index contributed by atoms with van der Waals surface area (Å²) in [5, 5.41) is 14.3. The van der Waals surface area contributed by atoms with E-state index in [2.05, 4.69) is 20.8 Å². The predicted octanol–water partition coefficient (Wildman–Crippen LogP) is 2.89. The minimum Gasteiger partial charge on any atom is -0.383 e. The van der Waals surface area contributed by atoms with Gasteiger partial charge in [0.15, 0.2) is 11.0 Å². The SMILES string of the molecule is COCCn1c(SCC(=O)NCC(=O)Nc2ccc(F)cc2)nnc1-c1cccc(C)c1. The first-order chi connectivity index (χ1) is 15.5. The van der Waals surface area contributed by atoms with Gasteiger partial charge in [-0.05, 0) is 37.3 Å². The summed E-state index contributed by atoms with van der Waals surface area (Å²) in [6.07, 6.45) is 0. The van der Waals surface area contributed by atoms with Crippen molar-refractivity contribution >= 4 is 29.3 Å². The highest BCUT2D eigenvalue weighted by atomic mass is 32.2. The molecule has 0 saturated heterocycles. The van der Waals surface area contributed by atoms with E-state index >= 15 is 0 Å². The molecule has 10 heteroatoms. The molecule has 0 aliphatic carbocycles. The van der Waals surface area contributed by atoms with Gasteiger partial charge in [0.25, 0.3) is 0 Å². The van der Waals surface area contributed by atoms with Crippen molar-refractivity contribution in [2.24, 2.45) is 0 Å². The number of thioether (sulfide) groups is 1. The van der Waals surface area contributed by atoms with Crippen LogP contribution in [0.4, 0.5) is 10.1 Å². The van der Waals surface area contributed by atoms with Gasteiger partial charge in [-0.15, -0.1) is 10.2 Å². The Balaban J connectivity index is 1.56. The monoisotopic (exact) mass is 457 g/mol. The molecule has 0 radical (unpaired) electrons. The molecule has 0 bridgehead atoms. The molecule has 0 atom stereocenters. The van der Waals surface area contributed by atoms with Gasteiger partial charge in [-0.2, -0.15) is 0 Å². The van der Waals surface area contributed by atoms with Crippen molar-refractivity contribution in [3.63, 3.8) is 0 Å². The molecular formula is C22H24FN5O3S. The lowest BCUT2D eigenvalue weighted by atomic mass is 10.1. The van der Waals surface area contributed by atoms with Crippen LogP contribution >= 0.6 is 11.8 Å². The van der Waals surface area contributed by atoms with E-state index in [9.17, 15) is 14.0 Å². The van der Waals surface area contributed by atoms with E-state index in [4.69, 9.17) is 4.74 Å². The summed E-state index contributed by atoms with van der Waals surface area (Å²) in [6.45, 7) is 2.82. The molecule has 0 spiro atoms. The second-order valence-corrected chi connectivity index (χ2v) is 7.88. The second-order valence-electron chi connectivity index (χ2n) is 6.94. The number of carbonyl (C=O) groups excluding carboxylic acids is 2. The molecule has 0 saturated carbocycles. The lowest BCUT2D eigenvalue weighted by molar-refractivity contribution is -0.122. The van der Waals surface area contributed by atoms with Crippen LogP contribution in [0.1, 0.15) is 5.56 Å². The standard InChI is InChI=1S/C22H24FN5O3S/c1-15-4-3-5-16(12-15)21-26-27-22(28(21)10-11-31-2)32-14-20(30)24-13-19(29)25-18-8-6-17(23)7-9-18/h3-9,12H,10-11,13-14H2,1-2H3,(H,24,30)(H,25,29). The quantitative estimate of drug-likeness (QED) is 0.455. The molecule has 2 aromatic carbocycles. The Morgan fingerprint density at radius 1 is 1.12 bits per heavy atom. The number of hydrogen-bond donors (Lipinski definition) is 2. The first kappa shape index (κ1) is 23.4. The zero-order valence-corrected chi connectivity index (χ0v) is 18.6. The highest BCUT2D eigenvalue weighted by Crippen LogP contribution is 2.24. The number of ether oxygens (including phenoxy) is 1. The molecule has 0 aliphatic heterocycles. The number of halogens is 1. The fourth-order valence-electron chi connectivity index (χ4n) is 2.88. The minimum absolute atomic E-state index is 0.0722. The van der Waals surface area contributed by atoms with E-state index in [0.717, 1.165) is 11.1 Å². The van der Waals surface area contributed by atoms with E-state index in [0.29, 0.717) is 29.8 Å². The third-order valence-electron chi connectivity index (χ3n) is 4.42. The summed E-state index contributed by atoms with van der Waals surface area (Å²) in [4.78, 5) is 24.2. The van der Waals surface area contributed by atoms with Gasteiger partial charge in [-0.25, -0.2) is 4.39 Å². The van der Waals surface area contributed by atoms with Gasteiger partial charge in [0, 0.05) is 18.4 Å². The Morgan fingerprint density at radius 2 is 1.91 bits per heavy atom. The van der Waals surface area contributed by atoms with Crippen molar-refractivity contribution in [3.8, 4) is 11.4 Å². The maximum Gasteiger partial charge on any atom is 0.243 e. The number of carbonyl (C=O) groups is 2. The van der Waals surface area contributed by atoms with Crippen molar-refractivity contribution in [1.82, 2.24) is 20.1 Å². The molecule has 1 heterocycles. The molecule has 2 amide bonds. The number of aryl methyl sites for hydroxylation is 1. The van der Waals surface area contributed by atoms with Crippen molar-refractivity contribution in [1.29, 1.82) is 0 Å². The highest BCUT2D eigenvalue weighted by molar-refractivity contribution is 7.99. The average Bonchev–Trinajstić information content (AvgIpc) is 3.19. The molecule has 3 aromatic rings. The lowest BCUT2D eigenvalue weighted by Gasteiger charge is -2.10. The highest BCUT2D eigenvalue weighted by Gasteiger charge is 2.16. The van der Waals surface area contributed by atoms with Crippen molar-refractivity contribution in [2.45, 2.75) is 18.6 Å². The maximum atomic E-state index is 12.9. The van der Waals surface area contributed by atoms with E-state index in [1.165, 1.54) is 36.0 Å². The normalized spacial score (nSPS) is 10.7. The van der Waals surface area contributed by atoms with Crippen LogP contribution in [0.25, 0.3) is 11.4 Å². The first-order valence-corrected chi connectivity index (χ1v) is 10.9. The molecule has 8 nitrogen and oxygen atoms in total. The van der Waals surface area contributed by atoms with Crippen molar-refractivity contribution in [3.05, 3.63) is 59.9 Å². The maximum absolute atomic E-state index is 12.9. The van der Waals surface area contributed by atoms with Crippen LogP contribution in [0.15, 0.2) is 53.7 Å². The van der Waals surface area contributed by atoms with Crippen molar-refractivity contribution in [2.75, 3.05) is 31.3 Å². The summed E-state index contributed by atoms with van der Waals surface area (Å²) in [6, 6.07) is 13.3. The van der Waals surface area contributed by atoms with Crippen molar-refractivity contribution < 1.29 is 18.7 Å². The summed E-state index contributed by atoms with van der Waals surface area (Å²) in [5.74, 6) is -0.338. The second kappa shape index (κ2) is 11.4. The Bertz CT molecular complexity index is 1070. The number of benzene rings is 2. The molecule has 1 aromatic heterocycles. The number of methoxy groups -OCH3 is 1. The van der Waals surface area contributed by atoms with E-state index in [1.807, 2.05) is 35.8 Å². The van der Waals surface area contributed by atoms with Gasteiger partial charge in [-0.1, -0.05) is 35.5 Å². The topological polar surface area (TPSA) is 98.1 Å². The smallest absolute Gasteiger partial charge is 0.243 e. The molecule has 0 aliphatic rings. The van der Waals surface area contributed by atoms with Gasteiger partial charge < -0.3 is 15.4 Å². The van der Waals surface area contributed by atoms with Crippen LogP contribution < -0.4 is 10.6 Å². The fourth-order valence-corrected chi connectivity index (χ4v) is 3.67. The van der Waals surface area contributed by atoms with Gasteiger partial charge in [0.1, 0.15) is 5.82 Å². The Labute approximate surface area is 189 Å². The predicted molar refractivity (Wildman–Crippen MR) is 121 cm³/mol. The summed E-state index contributed by atoms with van der Waals surface area (Å²) in [7, 11) is 1.62. The summed E-state index contributed by atoms with van der Waals surface area (Å²) < 4.78 is 20.0. The fraction of sp³-hybridized carbons (Fsp3) is 0.273. The molecule has 0 fully saturated rings. The summed E-state index contributed by atoms with van der Waals surface area (Å²) >= 11 is 1.23. The number of nitrogens with one attached hydrogen (secondary N) is 2. The Morgan fingerprint density at radius 3 is 2.62 bits per heavy atom.